The van der Waals surface area contributed by atoms with Crippen LogP contribution in [-0.2, 0) is 16.0 Å². The van der Waals surface area contributed by atoms with Crippen molar-refractivity contribution in [1.82, 2.24) is 0 Å². The van der Waals surface area contributed by atoms with Crippen LogP contribution in [0.2, 0.25) is 0 Å². The molecule has 116 valence electrons. The minimum atomic E-state index is -4.21. The highest BCUT2D eigenvalue weighted by atomic mass is 79.9. The Hall–Kier alpha value is -1.37. The van der Waals surface area contributed by atoms with Crippen molar-refractivity contribution in [3.05, 3.63) is 28.2 Å². The lowest BCUT2D eigenvalue weighted by Crippen LogP contribution is -2.08. The minimum absolute atomic E-state index is 0.0625. The van der Waals surface area contributed by atoms with Crippen LogP contribution in [0.25, 0.3) is 0 Å². The van der Waals surface area contributed by atoms with E-state index in [1.54, 1.807) is 18.2 Å². The third kappa shape index (κ3) is 7.84. The molecule has 0 aliphatic heterocycles. The van der Waals surface area contributed by atoms with Crippen molar-refractivity contribution >= 4 is 33.8 Å². The molecule has 0 aliphatic carbocycles. The van der Waals surface area contributed by atoms with Gasteiger partial charge in [0, 0.05) is 29.4 Å². The van der Waals surface area contributed by atoms with Crippen LogP contribution in [0.1, 0.15) is 31.2 Å². The molecule has 0 bridgehead atoms. The highest BCUT2D eigenvalue weighted by Crippen LogP contribution is 2.23. The van der Waals surface area contributed by atoms with Crippen molar-refractivity contribution in [2.45, 2.75) is 38.3 Å². The molecule has 0 saturated carbocycles. The van der Waals surface area contributed by atoms with E-state index in [1.807, 2.05) is 0 Å². The van der Waals surface area contributed by atoms with Gasteiger partial charge in [0.25, 0.3) is 0 Å². The lowest BCUT2D eigenvalue weighted by atomic mass is 10.0. The molecule has 1 N–H and O–H groups in total. The summed E-state index contributed by atoms with van der Waals surface area (Å²) in [6, 6.07) is 5.24. The summed E-state index contributed by atoms with van der Waals surface area (Å²) in [5.41, 5.74) is 1.43. The van der Waals surface area contributed by atoms with Gasteiger partial charge in [-0.05, 0) is 36.6 Å². The van der Waals surface area contributed by atoms with Gasteiger partial charge in [-0.3, -0.25) is 9.59 Å². The molecule has 21 heavy (non-hydrogen) atoms. The number of alkyl halides is 3. The molecule has 0 unspecified atom stereocenters. The number of rotatable bonds is 8. The predicted octanol–water partition coefficient (Wildman–Crippen LogP) is 4.25. The maximum Gasteiger partial charge on any atom is 0.389 e. The second-order valence-corrected chi connectivity index (χ2v) is 5.53. The van der Waals surface area contributed by atoms with Crippen LogP contribution in [0.3, 0.4) is 0 Å². The van der Waals surface area contributed by atoms with Crippen molar-refractivity contribution in [1.29, 1.82) is 0 Å². The molecule has 3 nitrogen and oxygen atoms in total. The van der Waals surface area contributed by atoms with Crippen molar-refractivity contribution in [2.24, 2.45) is 0 Å². The fourth-order valence-corrected chi connectivity index (χ4v) is 2.38. The van der Waals surface area contributed by atoms with E-state index in [1.165, 1.54) is 0 Å². The van der Waals surface area contributed by atoms with Crippen molar-refractivity contribution in [3.8, 4) is 0 Å². The van der Waals surface area contributed by atoms with Crippen molar-refractivity contribution < 1.29 is 22.8 Å². The van der Waals surface area contributed by atoms with Crippen LogP contribution in [0, 0.1) is 0 Å². The van der Waals surface area contributed by atoms with E-state index >= 15 is 0 Å². The van der Waals surface area contributed by atoms with Gasteiger partial charge in [0.1, 0.15) is 5.78 Å². The number of hydrogen-bond acceptors (Lipinski definition) is 2. The quantitative estimate of drug-likeness (QED) is 0.699. The Bertz CT molecular complexity index is 503. The number of carbonyl (C=O) groups excluding carboxylic acids is 2. The van der Waals surface area contributed by atoms with Crippen LogP contribution >= 0.6 is 15.9 Å². The zero-order valence-corrected chi connectivity index (χ0v) is 12.8. The Labute approximate surface area is 129 Å². The lowest BCUT2D eigenvalue weighted by molar-refractivity contribution is -0.137. The smallest absolute Gasteiger partial charge is 0.329 e. The SMILES string of the molecule is O=CNc1cc(Br)cc(CCC(=O)CCCC(F)(F)F)c1. The number of halogens is 4. The normalized spacial score (nSPS) is 11.2. The molecule has 7 heteroatoms. The molecule has 0 fully saturated rings. The number of carbonyl (C=O) groups is 2. The summed E-state index contributed by atoms with van der Waals surface area (Å²) in [5.74, 6) is -0.191. The first-order valence-electron chi connectivity index (χ1n) is 6.38. The third-order valence-electron chi connectivity index (χ3n) is 2.79. The van der Waals surface area contributed by atoms with Crippen molar-refractivity contribution in [2.75, 3.05) is 5.32 Å². The Morgan fingerprint density at radius 3 is 2.57 bits per heavy atom. The number of hydrogen-bond donors (Lipinski definition) is 1. The van der Waals surface area contributed by atoms with E-state index in [0.29, 0.717) is 18.5 Å². The van der Waals surface area contributed by atoms with Gasteiger partial charge in [-0.25, -0.2) is 0 Å². The van der Waals surface area contributed by atoms with Gasteiger partial charge in [-0.2, -0.15) is 13.2 Å². The fraction of sp³-hybridized carbons (Fsp3) is 0.429. The first-order valence-corrected chi connectivity index (χ1v) is 7.17. The number of ketones is 1. The predicted molar refractivity (Wildman–Crippen MR) is 77.1 cm³/mol. The molecular formula is C14H15BrF3NO2. The molecule has 0 spiro atoms. The maximum absolute atomic E-state index is 12.0. The van der Waals surface area contributed by atoms with Gasteiger partial charge in [0.15, 0.2) is 0 Å². The monoisotopic (exact) mass is 365 g/mol. The fourth-order valence-electron chi connectivity index (χ4n) is 1.84. The second-order valence-electron chi connectivity index (χ2n) is 4.62. The van der Waals surface area contributed by atoms with E-state index in [-0.39, 0.29) is 25.0 Å². The third-order valence-corrected chi connectivity index (χ3v) is 3.25. The van der Waals surface area contributed by atoms with Crippen LogP contribution < -0.4 is 5.32 Å². The Morgan fingerprint density at radius 1 is 1.24 bits per heavy atom. The van der Waals surface area contributed by atoms with Gasteiger partial charge in [-0.1, -0.05) is 15.9 Å². The van der Waals surface area contributed by atoms with Crippen molar-refractivity contribution in [3.63, 3.8) is 0 Å². The number of amides is 1. The summed E-state index contributed by atoms with van der Waals surface area (Å²) >= 11 is 3.29. The van der Waals surface area contributed by atoms with Crippen LogP contribution in [-0.4, -0.2) is 18.4 Å². The van der Waals surface area contributed by atoms with E-state index in [9.17, 15) is 22.8 Å². The molecule has 0 aliphatic rings. The van der Waals surface area contributed by atoms with Gasteiger partial charge < -0.3 is 5.32 Å². The van der Waals surface area contributed by atoms with Crippen LogP contribution in [0.5, 0.6) is 0 Å². The van der Waals surface area contributed by atoms with E-state index in [4.69, 9.17) is 0 Å². The number of Topliss-reactive ketones (excluding diaryl/α,β-unsaturated/α-hetero) is 1. The highest BCUT2D eigenvalue weighted by Gasteiger charge is 2.26. The molecule has 1 rings (SSSR count). The van der Waals surface area contributed by atoms with E-state index < -0.39 is 12.6 Å². The topological polar surface area (TPSA) is 46.2 Å². The van der Waals surface area contributed by atoms with Gasteiger partial charge >= 0.3 is 6.18 Å². The minimum Gasteiger partial charge on any atom is -0.329 e. The highest BCUT2D eigenvalue weighted by molar-refractivity contribution is 9.10. The molecule has 0 radical (unpaired) electrons. The first kappa shape index (κ1) is 17.7. The number of benzene rings is 1. The van der Waals surface area contributed by atoms with Gasteiger partial charge in [0.05, 0.1) is 0 Å². The van der Waals surface area contributed by atoms with Crippen LogP contribution in [0.15, 0.2) is 22.7 Å². The lowest BCUT2D eigenvalue weighted by Gasteiger charge is -2.07. The average molecular weight is 366 g/mol. The summed E-state index contributed by atoms with van der Waals surface area (Å²) in [5, 5.41) is 2.51. The standard InChI is InChI=1S/C14H15BrF3NO2/c15-11-6-10(7-12(8-11)19-9-20)3-4-13(21)2-1-5-14(16,17)18/h6-9H,1-5H2,(H,19,20). The molecule has 1 aromatic carbocycles. The molecule has 0 aromatic heterocycles. The van der Waals surface area contributed by atoms with Gasteiger partial charge in [-0.15, -0.1) is 0 Å². The summed E-state index contributed by atoms with van der Waals surface area (Å²) in [7, 11) is 0. The Kier molecular flexibility index (Phi) is 6.87. The molecule has 0 heterocycles. The molecule has 1 aromatic rings. The zero-order chi connectivity index (χ0) is 15.9. The Balaban J connectivity index is 2.44. The summed E-state index contributed by atoms with van der Waals surface area (Å²) in [4.78, 5) is 21.9. The largest absolute Gasteiger partial charge is 0.389 e. The molecular weight excluding hydrogens is 351 g/mol. The number of aryl methyl sites for hydroxylation is 1. The second kappa shape index (κ2) is 8.17. The Morgan fingerprint density at radius 2 is 1.95 bits per heavy atom. The molecule has 0 atom stereocenters. The number of nitrogens with one attached hydrogen (secondary N) is 1. The average Bonchev–Trinajstić information content (AvgIpc) is 2.34. The number of anilines is 1. The van der Waals surface area contributed by atoms with E-state index in [0.717, 1.165) is 10.0 Å². The maximum atomic E-state index is 12.0. The zero-order valence-electron chi connectivity index (χ0n) is 11.2. The van der Waals surface area contributed by atoms with Crippen LogP contribution in [0.4, 0.5) is 18.9 Å². The van der Waals surface area contributed by atoms with Gasteiger partial charge in [0.2, 0.25) is 6.41 Å². The molecule has 0 saturated heterocycles. The summed E-state index contributed by atoms with van der Waals surface area (Å²) in [6.45, 7) is 0. The summed E-state index contributed by atoms with van der Waals surface area (Å²) < 4.78 is 36.7. The summed E-state index contributed by atoms with van der Waals surface area (Å²) in [6.07, 6.45) is -4.20. The molecule has 1 amide bonds. The first-order chi connectivity index (χ1) is 9.80. The van der Waals surface area contributed by atoms with E-state index in [2.05, 4.69) is 21.2 Å².